The molecule has 0 bridgehead atoms. The van der Waals surface area contributed by atoms with Gasteiger partial charge in [0.25, 0.3) is 0 Å². The van der Waals surface area contributed by atoms with E-state index in [1.165, 1.54) is 0 Å². The van der Waals surface area contributed by atoms with E-state index in [1.54, 1.807) is 24.3 Å². The van der Waals surface area contributed by atoms with Gasteiger partial charge in [-0.3, -0.25) is 5.43 Å². The average molecular weight is 191 g/mol. The summed E-state index contributed by atoms with van der Waals surface area (Å²) in [6.07, 6.45) is -0.686. The zero-order valence-electron chi connectivity index (χ0n) is 7.36. The minimum absolute atomic E-state index is 0.134. The van der Waals surface area contributed by atoms with Crippen LogP contribution in [0.4, 0.5) is 4.79 Å². The Hall–Kier alpha value is -2.06. The molecule has 1 amide bonds. The molecule has 14 heavy (non-hydrogen) atoms. The molecule has 1 aromatic carbocycles. The van der Waals surface area contributed by atoms with Gasteiger partial charge in [0.05, 0.1) is 11.6 Å². The van der Waals surface area contributed by atoms with Gasteiger partial charge < -0.3 is 4.74 Å². The van der Waals surface area contributed by atoms with Crippen molar-refractivity contribution in [2.75, 3.05) is 0 Å². The van der Waals surface area contributed by atoms with Gasteiger partial charge in [-0.25, -0.2) is 10.6 Å². The first-order valence-corrected chi connectivity index (χ1v) is 3.88. The molecule has 72 valence electrons. The molecule has 0 aliphatic rings. The summed E-state index contributed by atoms with van der Waals surface area (Å²) >= 11 is 0. The Morgan fingerprint density at radius 2 is 2.14 bits per heavy atom. The first-order valence-electron chi connectivity index (χ1n) is 3.88. The Labute approximate surface area is 81.1 Å². The number of hydrogen-bond acceptors (Lipinski definition) is 4. The third-order valence-electron chi connectivity index (χ3n) is 1.57. The van der Waals surface area contributed by atoms with Crippen LogP contribution < -0.4 is 11.3 Å². The van der Waals surface area contributed by atoms with E-state index in [0.29, 0.717) is 5.56 Å². The lowest BCUT2D eigenvalue weighted by atomic mass is 10.2. The lowest BCUT2D eigenvalue weighted by molar-refractivity contribution is 0.140. The standard InChI is InChI=1S/C9H9N3O2/c10-5-7-1-3-8(4-2-7)6-14-9(13)12-11/h1-4H,6,11H2,(H,12,13). The molecule has 5 heteroatoms. The number of hydrazine groups is 1. The van der Waals surface area contributed by atoms with Gasteiger partial charge >= 0.3 is 6.09 Å². The van der Waals surface area contributed by atoms with Crippen molar-refractivity contribution in [2.45, 2.75) is 6.61 Å². The van der Waals surface area contributed by atoms with Crippen molar-refractivity contribution >= 4 is 6.09 Å². The number of nitrogens with one attached hydrogen (secondary N) is 1. The van der Waals surface area contributed by atoms with Crippen LogP contribution in [0, 0.1) is 11.3 Å². The van der Waals surface area contributed by atoms with Crippen molar-refractivity contribution in [3.05, 3.63) is 35.4 Å². The van der Waals surface area contributed by atoms with Crippen molar-refractivity contribution in [1.82, 2.24) is 5.43 Å². The molecule has 0 aliphatic heterocycles. The number of hydrogen-bond donors (Lipinski definition) is 2. The molecule has 0 heterocycles. The zero-order valence-corrected chi connectivity index (χ0v) is 7.36. The van der Waals surface area contributed by atoms with Crippen LogP contribution in [0.15, 0.2) is 24.3 Å². The van der Waals surface area contributed by atoms with Crippen molar-refractivity contribution in [3.8, 4) is 6.07 Å². The molecule has 0 saturated heterocycles. The summed E-state index contributed by atoms with van der Waals surface area (Å²) in [6.45, 7) is 0.134. The van der Waals surface area contributed by atoms with Gasteiger partial charge in [0, 0.05) is 0 Å². The van der Waals surface area contributed by atoms with Crippen molar-refractivity contribution in [3.63, 3.8) is 0 Å². The van der Waals surface area contributed by atoms with Crippen molar-refractivity contribution in [2.24, 2.45) is 5.84 Å². The highest BCUT2D eigenvalue weighted by Gasteiger charge is 1.99. The Morgan fingerprint density at radius 1 is 1.50 bits per heavy atom. The van der Waals surface area contributed by atoms with E-state index in [1.807, 2.05) is 11.5 Å². The topological polar surface area (TPSA) is 88.1 Å². The number of nitrogens with zero attached hydrogens (tertiary/aromatic N) is 1. The molecule has 0 aliphatic carbocycles. The fraction of sp³-hybridized carbons (Fsp3) is 0.111. The molecule has 1 rings (SSSR count). The minimum Gasteiger partial charge on any atom is -0.444 e. The molecule has 5 nitrogen and oxygen atoms in total. The maximum Gasteiger partial charge on any atom is 0.421 e. The first-order chi connectivity index (χ1) is 6.76. The maximum atomic E-state index is 10.6. The third-order valence-corrected chi connectivity index (χ3v) is 1.57. The summed E-state index contributed by atoms with van der Waals surface area (Å²) in [6, 6.07) is 8.72. The van der Waals surface area contributed by atoms with Gasteiger partial charge in [-0.15, -0.1) is 0 Å². The smallest absolute Gasteiger partial charge is 0.421 e. The van der Waals surface area contributed by atoms with Crippen LogP contribution in [-0.2, 0) is 11.3 Å². The molecule has 0 unspecified atom stereocenters. The Kier molecular flexibility index (Phi) is 3.47. The van der Waals surface area contributed by atoms with Crippen LogP contribution in [0.5, 0.6) is 0 Å². The number of ether oxygens (including phenoxy) is 1. The highest BCUT2D eigenvalue weighted by Crippen LogP contribution is 2.04. The molecule has 0 spiro atoms. The lowest BCUT2D eigenvalue weighted by Crippen LogP contribution is -2.30. The fourth-order valence-electron chi connectivity index (χ4n) is 0.866. The number of benzene rings is 1. The van der Waals surface area contributed by atoms with Crippen LogP contribution in [0.25, 0.3) is 0 Å². The Morgan fingerprint density at radius 3 is 2.64 bits per heavy atom. The Bertz CT molecular complexity index is 353. The van der Waals surface area contributed by atoms with Gasteiger partial charge in [-0.05, 0) is 17.7 Å². The second-order valence-corrected chi connectivity index (χ2v) is 2.53. The van der Waals surface area contributed by atoms with Gasteiger partial charge in [-0.1, -0.05) is 12.1 Å². The summed E-state index contributed by atoms with van der Waals surface area (Å²) in [4.78, 5) is 10.6. The van der Waals surface area contributed by atoms with Crippen LogP contribution in [-0.4, -0.2) is 6.09 Å². The lowest BCUT2D eigenvalue weighted by Gasteiger charge is -2.03. The fourth-order valence-corrected chi connectivity index (χ4v) is 0.866. The molecule has 3 N–H and O–H groups in total. The second-order valence-electron chi connectivity index (χ2n) is 2.53. The van der Waals surface area contributed by atoms with E-state index in [9.17, 15) is 4.79 Å². The quantitative estimate of drug-likeness (QED) is 0.408. The van der Waals surface area contributed by atoms with E-state index in [-0.39, 0.29) is 6.61 Å². The zero-order chi connectivity index (χ0) is 10.4. The molecular weight excluding hydrogens is 182 g/mol. The summed E-state index contributed by atoms with van der Waals surface area (Å²) in [5.74, 6) is 4.81. The number of nitriles is 1. The summed E-state index contributed by atoms with van der Waals surface area (Å²) in [5.41, 5.74) is 3.21. The highest BCUT2D eigenvalue weighted by molar-refractivity contribution is 5.66. The minimum atomic E-state index is -0.686. The van der Waals surface area contributed by atoms with Gasteiger partial charge in [0.15, 0.2) is 0 Å². The predicted octanol–water partition coefficient (Wildman–Crippen LogP) is 0.658. The Balaban J connectivity index is 2.53. The van der Waals surface area contributed by atoms with Crippen molar-refractivity contribution in [1.29, 1.82) is 5.26 Å². The van der Waals surface area contributed by atoms with Gasteiger partial charge in [-0.2, -0.15) is 5.26 Å². The normalized spacial score (nSPS) is 8.86. The molecule has 0 atom stereocenters. The third kappa shape index (κ3) is 2.77. The summed E-state index contributed by atoms with van der Waals surface area (Å²) in [5, 5.41) is 8.52. The molecule has 0 radical (unpaired) electrons. The molecular formula is C9H9N3O2. The summed E-state index contributed by atoms with van der Waals surface area (Å²) in [7, 11) is 0. The number of amides is 1. The van der Waals surface area contributed by atoms with Crippen LogP contribution in [0.2, 0.25) is 0 Å². The van der Waals surface area contributed by atoms with E-state index in [4.69, 9.17) is 15.8 Å². The SMILES string of the molecule is N#Cc1ccc(COC(=O)NN)cc1. The average Bonchev–Trinajstić information content (AvgIpc) is 2.26. The van der Waals surface area contributed by atoms with E-state index >= 15 is 0 Å². The van der Waals surface area contributed by atoms with E-state index in [0.717, 1.165) is 5.56 Å². The first kappa shape index (κ1) is 10.0. The largest absolute Gasteiger partial charge is 0.444 e. The van der Waals surface area contributed by atoms with Crippen molar-refractivity contribution < 1.29 is 9.53 Å². The van der Waals surface area contributed by atoms with E-state index < -0.39 is 6.09 Å². The number of rotatable bonds is 2. The second kappa shape index (κ2) is 4.84. The predicted molar refractivity (Wildman–Crippen MR) is 48.7 cm³/mol. The number of carbonyl (C=O) groups excluding carboxylic acids is 1. The van der Waals surface area contributed by atoms with Gasteiger partial charge in [0.2, 0.25) is 0 Å². The molecule has 1 aromatic rings. The maximum absolute atomic E-state index is 10.6. The number of carbonyl (C=O) groups is 1. The van der Waals surface area contributed by atoms with Crippen LogP contribution in [0.1, 0.15) is 11.1 Å². The van der Waals surface area contributed by atoms with Crippen LogP contribution in [0.3, 0.4) is 0 Å². The number of nitrogens with two attached hydrogens (primary N) is 1. The van der Waals surface area contributed by atoms with E-state index in [2.05, 4.69) is 0 Å². The van der Waals surface area contributed by atoms with Gasteiger partial charge in [0.1, 0.15) is 6.61 Å². The molecule has 0 fully saturated rings. The molecule has 0 aromatic heterocycles. The summed E-state index contributed by atoms with van der Waals surface area (Å²) < 4.78 is 4.69. The highest BCUT2D eigenvalue weighted by atomic mass is 16.5. The molecule has 0 saturated carbocycles. The monoisotopic (exact) mass is 191 g/mol. The van der Waals surface area contributed by atoms with Crippen LogP contribution >= 0.6 is 0 Å².